The molecule has 0 spiro atoms. The lowest BCUT2D eigenvalue weighted by atomic mass is 10.1. The Bertz CT molecular complexity index is 778. The Balaban J connectivity index is 1.96. The van der Waals surface area contributed by atoms with Crippen LogP contribution in [0.25, 0.3) is 0 Å². The number of aryl methyl sites for hydroxylation is 1. The van der Waals surface area contributed by atoms with Crippen molar-refractivity contribution in [2.75, 3.05) is 18.4 Å². The predicted molar refractivity (Wildman–Crippen MR) is 102 cm³/mol. The normalized spacial score (nSPS) is 10.4. The molecule has 0 aliphatic carbocycles. The van der Waals surface area contributed by atoms with Gasteiger partial charge in [0.2, 0.25) is 11.8 Å². The van der Waals surface area contributed by atoms with Crippen LogP contribution in [0.2, 0.25) is 10.0 Å². The van der Waals surface area contributed by atoms with Gasteiger partial charge in [0.25, 0.3) is 0 Å². The van der Waals surface area contributed by atoms with Crippen molar-refractivity contribution in [1.29, 1.82) is 0 Å². The highest BCUT2D eigenvalue weighted by molar-refractivity contribution is 6.31. The van der Waals surface area contributed by atoms with E-state index in [0.29, 0.717) is 28.7 Å². The molecule has 4 nitrogen and oxygen atoms in total. The van der Waals surface area contributed by atoms with Gasteiger partial charge in [-0.05, 0) is 54.8 Å². The molecule has 0 unspecified atom stereocenters. The van der Waals surface area contributed by atoms with Gasteiger partial charge in [-0.1, -0.05) is 35.3 Å². The number of nitrogens with zero attached hydrogens (tertiary/aromatic N) is 1. The summed E-state index contributed by atoms with van der Waals surface area (Å²) in [5.74, 6) is -0.392. The zero-order valence-corrected chi connectivity index (χ0v) is 15.7. The van der Waals surface area contributed by atoms with Crippen molar-refractivity contribution >= 4 is 40.7 Å². The van der Waals surface area contributed by atoms with Gasteiger partial charge in [-0.3, -0.25) is 9.59 Å². The summed E-state index contributed by atoms with van der Waals surface area (Å²) >= 11 is 11.9. The molecular weight excluding hydrogens is 359 g/mol. The molecule has 132 valence electrons. The molecule has 0 aliphatic rings. The van der Waals surface area contributed by atoms with E-state index in [1.807, 2.05) is 25.1 Å². The first-order chi connectivity index (χ1) is 11.8. The second-order valence-corrected chi connectivity index (χ2v) is 6.70. The Morgan fingerprint density at radius 2 is 1.80 bits per heavy atom. The van der Waals surface area contributed by atoms with Crippen LogP contribution in [0.15, 0.2) is 42.5 Å². The summed E-state index contributed by atoms with van der Waals surface area (Å²) in [7, 11) is 0. The van der Waals surface area contributed by atoms with Crippen LogP contribution < -0.4 is 5.32 Å². The second-order valence-electron chi connectivity index (χ2n) is 5.83. The second kappa shape index (κ2) is 8.88. The average Bonchev–Trinajstić information content (AvgIpc) is 2.54. The first-order valence-corrected chi connectivity index (χ1v) is 8.66. The molecule has 25 heavy (non-hydrogen) atoms. The summed E-state index contributed by atoms with van der Waals surface area (Å²) < 4.78 is 0. The topological polar surface area (TPSA) is 49.4 Å². The maximum Gasteiger partial charge on any atom is 0.244 e. The SMILES string of the molecule is CC(=O)N(CCc1cccc(Cl)c1)CC(=O)Nc1ccc(Cl)cc1C. The zero-order valence-electron chi connectivity index (χ0n) is 14.2. The van der Waals surface area contributed by atoms with Gasteiger partial charge in [-0.2, -0.15) is 0 Å². The molecule has 1 N–H and O–H groups in total. The first-order valence-electron chi connectivity index (χ1n) is 7.91. The summed E-state index contributed by atoms with van der Waals surface area (Å²) in [4.78, 5) is 25.6. The van der Waals surface area contributed by atoms with Crippen molar-refractivity contribution in [1.82, 2.24) is 4.90 Å². The lowest BCUT2D eigenvalue weighted by Gasteiger charge is -2.21. The van der Waals surface area contributed by atoms with Crippen molar-refractivity contribution < 1.29 is 9.59 Å². The summed E-state index contributed by atoms with van der Waals surface area (Å²) in [5.41, 5.74) is 2.58. The molecule has 0 aliphatic heterocycles. The number of anilines is 1. The third kappa shape index (κ3) is 6.07. The van der Waals surface area contributed by atoms with Crippen LogP contribution >= 0.6 is 23.2 Å². The minimum Gasteiger partial charge on any atom is -0.333 e. The molecule has 0 bridgehead atoms. The molecule has 2 aromatic rings. The number of hydrogen-bond donors (Lipinski definition) is 1. The monoisotopic (exact) mass is 378 g/mol. The van der Waals surface area contributed by atoms with Gasteiger partial charge in [0, 0.05) is 29.2 Å². The van der Waals surface area contributed by atoms with Gasteiger partial charge in [0.05, 0.1) is 6.54 Å². The van der Waals surface area contributed by atoms with Crippen molar-refractivity contribution in [3.05, 3.63) is 63.6 Å². The van der Waals surface area contributed by atoms with E-state index in [2.05, 4.69) is 5.32 Å². The Morgan fingerprint density at radius 1 is 1.08 bits per heavy atom. The summed E-state index contributed by atoms with van der Waals surface area (Å²) in [6, 6.07) is 12.7. The van der Waals surface area contributed by atoms with E-state index in [9.17, 15) is 9.59 Å². The van der Waals surface area contributed by atoms with Crippen molar-refractivity contribution in [3.63, 3.8) is 0 Å². The maximum atomic E-state index is 12.3. The Kier molecular flexibility index (Phi) is 6.85. The van der Waals surface area contributed by atoms with Crippen molar-refractivity contribution in [2.24, 2.45) is 0 Å². The van der Waals surface area contributed by atoms with E-state index < -0.39 is 0 Å². The van der Waals surface area contributed by atoms with E-state index in [0.717, 1.165) is 11.1 Å². The van der Waals surface area contributed by atoms with E-state index in [4.69, 9.17) is 23.2 Å². The molecule has 0 saturated carbocycles. The number of benzene rings is 2. The number of carbonyl (C=O) groups excluding carboxylic acids is 2. The molecule has 0 atom stereocenters. The fraction of sp³-hybridized carbons (Fsp3) is 0.263. The summed E-state index contributed by atoms with van der Waals surface area (Å²) in [5, 5.41) is 4.09. The van der Waals surface area contributed by atoms with Gasteiger partial charge in [-0.15, -0.1) is 0 Å². The fourth-order valence-corrected chi connectivity index (χ4v) is 2.87. The van der Waals surface area contributed by atoms with Crippen LogP contribution in [-0.4, -0.2) is 29.8 Å². The third-order valence-electron chi connectivity index (χ3n) is 3.80. The molecule has 2 aromatic carbocycles. The lowest BCUT2D eigenvalue weighted by Crippen LogP contribution is -2.38. The van der Waals surface area contributed by atoms with Gasteiger partial charge < -0.3 is 10.2 Å². The Hall–Kier alpha value is -2.04. The van der Waals surface area contributed by atoms with Crippen LogP contribution in [0.5, 0.6) is 0 Å². The highest BCUT2D eigenvalue weighted by Crippen LogP contribution is 2.19. The van der Waals surface area contributed by atoms with Gasteiger partial charge in [0.15, 0.2) is 0 Å². The highest BCUT2D eigenvalue weighted by Gasteiger charge is 2.14. The standard InChI is InChI=1S/C19H20Cl2N2O2/c1-13-10-17(21)6-7-18(13)22-19(25)12-23(14(2)24)9-8-15-4-3-5-16(20)11-15/h3-7,10-11H,8-9,12H2,1-2H3,(H,22,25). The quantitative estimate of drug-likeness (QED) is 0.812. The van der Waals surface area contributed by atoms with E-state index in [1.165, 1.54) is 11.8 Å². The minimum atomic E-state index is -0.244. The number of hydrogen-bond acceptors (Lipinski definition) is 2. The van der Waals surface area contributed by atoms with Crippen molar-refractivity contribution in [2.45, 2.75) is 20.3 Å². The predicted octanol–water partition coefficient (Wildman–Crippen LogP) is 4.33. The van der Waals surface area contributed by atoms with E-state index in [-0.39, 0.29) is 18.4 Å². The van der Waals surface area contributed by atoms with E-state index >= 15 is 0 Å². The summed E-state index contributed by atoms with van der Waals surface area (Å²) in [6.45, 7) is 3.77. The average molecular weight is 379 g/mol. The molecule has 0 radical (unpaired) electrons. The highest BCUT2D eigenvalue weighted by atomic mass is 35.5. The van der Waals surface area contributed by atoms with E-state index in [1.54, 1.807) is 24.3 Å². The molecule has 0 saturated heterocycles. The molecule has 2 amide bonds. The number of halogens is 2. The summed E-state index contributed by atoms with van der Waals surface area (Å²) in [6.07, 6.45) is 0.632. The molecule has 0 fully saturated rings. The van der Waals surface area contributed by atoms with Crippen LogP contribution in [-0.2, 0) is 16.0 Å². The van der Waals surface area contributed by atoms with Gasteiger partial charge >= 0.3 is 0 Å². The molecule has 6 heteroatoms. The molecule has 0 heterocycles. The van der Waals surface area contributed by atoms with Crippen LogP contribution in [0, 0.1) is 6.92 Å². The third-order valence-corrected chi connectivity index (χ3v) is 4.27. The van der Waals surface area contributed by atoms with Gasteiger partial charge in [-0.25, -0.2) is 0 Å². The van der Waals surface area contributed by atoms with Crippen LogP contribution in [0.3, 0.4) is 0 Å². The Labute approximate surface area is 157 Å². The number of rotatable bonds is 6. The largest absolute Gasteiger partial charge is 0.333 e. The number of nitrogens with one attached hydrogen (secondary N) is 1. The van der Waals surface area contributed by atoms with Crippen LogP contribution in [0.1, 0.15) is 18.1 Å². The smallest absolute Gasteiger partial charge is 0.244 e. The first kappa shape index (κ1) is 19.3. The number of carbonyl (C=O) groups is 2. The lowest BCUT2D eigenvalue weighted by molar-refractivity contribution is -0.132. The van der Waals surface area contributed by atoms with Gasteiger partial charge in [0.1, 0.15) is 0 Å². The minimum absolute atomic E-state index is 0.00202. The van der Waals surface area contributed by atoms with Crippen molar-refractivity contribution in [3.8, 4) is 0 Å². The molecule has 2 rings (SSSR count). The zero-order chi connectivity index (χ0) is 18.4. The number of amides is 2. The maximum absolute atomic E-state index is 12.3. The fourth-order valence-electron chi connectivity index (χ4n) is 2.43. The Morgan fingerprint density at radius 3 is 2.44 bits per heavy atom. The van der Waals surface area contributed by atoms with Crippen LogP contribution in [0.4, 0.5) is 5.69 Å². The molecular formula is C19H20Cl2N2O2. The molecule has 0 aromatic heterocycles.